The Kier molecular flexibility index (Phi) is 6.77. The van der Waals surface area contributed by atoms with Gasteiger partial charge in [0.25, 0.3) is 0 Å². The number of rotatable bonds is 6. The van der Waals surface area contributed by atoms with E-state index in [9.17, 15) is 31.2 Å². The van der Waals surface area contributed by atoms with Crippen LogP contribution in [0, 0.1) is 17.1 Å². The van der Waals surface area contributed by atoms with Crippen LogP contribution in [0.1, 0.15) is 55.3 Å². The Morgan fingerprint density at radius 1 is 1.11 bits per heavy atom. The van der Waals surface area contributed by atoms with E-state index in [-0.39, 0.29) is 28.1 Å². The van der Waals surface area contributed by atoms with Gasteiger partial charge in [0, 0.05) is 47.5 Å². The molecule has 1 N–H and O–H groups in total. The lowest BCUT2D eigenvalue weighted by Gasteiger charge is -2.29. The van der Waals surface area contributed by atoms with Gasteiger partial charge in [-0.1, -0.05) is 24.6 Å². The second-order valence-electron chi connectivity index (χ2n) is 9.53. The maximum atomic E-state index is 14.8. The number of nitriles is 1. The van der Waals surface area contributed by atoms with Crippen LogP contribution in [0.2, 0.25) is 0 Å². The van der Waals surface area contributed by atoms with Gasteiger partial charge in [0.05, 0.1) is 16.9 Å². The van der Waals surface area contributed by atoms with E-state index >= 15 is 0 Å². The Labute approximate surface area is 211 Å². The van der Waals surface area contributed by atoms with Crippen molar-refractivity contribution >= 4 is 20.9 Å². The molecule has 0 radical (unpaired) electrons. The predicted molar refractivity (Wildman–Crippen MR) is 130 cm³/mol. The van der Waals surface area contributed by atoms with E-state index in [2.05, 4.69) is 0 Å². The fourth-order valence-electron chi connectivity index (χ4n) is 5.09. The second-order valence-corrected chi connectivity index (χ2v) is 11.5. The van der Waals surface area contributed by atoms with Gasteiger partial charge in [0.1, 0.15) is 11.9 Å². The first-order valence-corrected chi connectivity index (χ1v) is 13.6. The number of halogens is 4. The number of sulfonamides is 1. The quantitative estimate of drug-likeness (QED) is 0.408. The number of alkyl halides is 3. The number of nitrogens with one attached hydrogen (secondary N) is 1. The summed E-state index contributed by atoms with van der Waals surface area (Å²) in [6, 6.07) is 7.93. The average molecular weight is 536 g/mol. The summed E-state index contributed by atoms with van der Waals surface area (Å²) in [5.41, 5.74) is 0.705. The van der Waals surface area contributed by atoms with Crippen LogP contribution >= 0.6 is 0 Å². The Hall–Kier alpha value is -2.94. The average Bonchev–Trinajstić information content (AvgIpc) is 3.19. The highest BCUT2D eigenvalue weighted by molar-refractivity contribution is 7.90. The van der Waals surface area contributed by atoms with Gasteiger partial charge in [-0.25, -0.2) is 12.8 Å². The highest BCUT2D eigenvalue weighted by Crippen LogP contribution is 2.42. The van der Waals surface area contributed by atoms with Crippen LogP contribution in [0.15, 0.2) is 42.6 Å². The summed E-state index contributed by atoms with van der Waals surface area (Å²) in [6.07, 6.45) is -1.09. The molecule has 37 heavy (non-hydrogen) atoms. The van der Waals surface area contributed by atoms with Crippen LogP contribution in [0.4, 0.5) is 17.6 Å². The molecular formula is C26H25F4N3O3S. The zero-order chi connectivity index (χ0) is 26.4. The van der Waals surface area contributed by atoms with Gasteiger partial charge in [-0.2, -0.15) is 23.2 Å². The van der Waals surface area contributed by atoms with Crippen LogP contribution in [-0.2, 0) is 14.8 Å². The molecule has 196 valence electrons. The largest absolute Gasteiger partial charge is 0.408 e. The molecule has 0 bridgehead atoms. The van der Waals surface area contributed by atoms with Gasteiger partial charge in [0.15, 0.2) is 0 Å². The van der Waals surface area contributed by atoms with Crippen molar-refractivity contribution in [3.05, 3.63) is 59.5 Å². The van der Waals surface area contributed by atoms with Gasteiger partial charge in [-0.05, 0) is 49.4 Å². The van der Waals surface area contributed by atoms with Gasteiger partial charge >= 0.3 is 6.18 Å². The molecular weight excluding hydrogens is 510 g/mol. The van der Waals surface area contributed by atoms with E-state index in [1.807, 2.05) is 10.8 Å². The summed E-state index contributed by atoms with van der Waals surface area (Å²) < 4.78 is 92.4. The molecule has 1 saturated carbocycles. The minimum absolute atomic E-state index is 0.0613. The van der Waals surface area contributed by atoms with Crippen LogP contribution < -0.4 is 4.72 Å². The Balaban J connectivity index is 1.69. The van der Waals surface area contributed by atoms with E-state index in [4.69, 9.17) is 4.74 Å². The smallest absolute Gasteiger partial charge is 0.381 e. The summed E-state index contributed by atoms with van der Waals surface area (Å²) >= 11 is 0. The van der Waals surface area contributed by atoms with Crippen molar-refractivity contribution in [2.24, 2.45) is 0 Å². The summed E-state index contributed by atoms with van der Waals surface area (Å²) in [6.45, 7) is 0.866. The standard InChI is InChI=1S/C26H25F4N3O3S/c27-22-6-1-3-17(14-31)24(22)16-7-8-20-21(15-33(23(20)13-16)18-9-11-36-12-10-18)25(26(28,29)30)32-37(34,35)19-4-2-5-19/h1,3,6-8,13,15,18-19,25,32H,2,4-5,9-12H2/t25-/m0/s1. The van der Waals surface area contributed by atoms with Crippen molar-refractivity contribution in [1.29, 1.82) is 5.26 Å². The molecule has 11 heteroatoms. The summed E-state index contributed by atoms with van der Waals surface area (Å²) in [5.74, 6) is -0.621. The summed E-state index contributed by atoms with van der Waals surface area (Å²) in [4.78, 5) is 0. The van der Waals surface area contributed by atoms with Crippen molar-refractivity contribution in [2.45, 2.75) is 55.6 Å². The van der Waals surface area contributed by atoms with Crippen molar-refractivity contribution in [3.63, 3.8) is 0 Å². The first-order valence-electron chi connectivity index (χ1n) is 12.1. The molecule has 1 atom stereocenters. The third kappa shape index (κ3) is 4.85. The van der Waals surface area contributed by atoms with Crippen LogP contribution in [0.3, 0.4) is 0 Å². The van der Waals surface area contributed by atoms with E-state index in [0.29, 0.717) is 56.4 Å². The van der Waals surface area contributed by atoms with Crippen molar-refractivity contribution < 1.29 is 30.7 Å². The van der Waals surface area contributed by atoms with Crippen LogP contribution in [0.5, 0.6) is 0 Å². The Morgan fingerprint density at radius 3 is 2.46 bits per heavy atom. The molecule has 0 amide bonds. The van der Waals surface area contributed by atoms with Crippen LogP contribution in [0.25, 0.3) is 22.0 Å². The molecule has 0 spiro atoms. The molecule has 6 nitrogen and oxygen atoms in total. The normalized spacial score (nSPS) is 18.5. The number of aromatic nitrogens is 1. The number of nitrogens with zero attached hydrogens (tertiary/aromatic N) is 2. The van der Waals surface area contributed by atoms with Crippen molar-refractivity contribution in [3.8, 4) is 17.2 Å². The minimum atomic E-state index is -4.89. The third-order valence-electron chi connectivity index (χ3n) is 7.28. The van der Waals surface area contributed by atoms with Crippen molar-refractivity contribution in [2.75, 3.05) is 13.2 Å². The maximum absolute atomic E-state index is 14.8. The van der Waals surface area contributed by atoms with Gasteiger partial charge in [-0.3, -0.25) is 0 Å². The molecule has 1 aliphatic carbocycles. The van der Waals surface area contributed by atoms with E-state index in [1.54, 1.807) is 10.6 Å². The van der Waals surface area contributed by atoms with Gasteiger partial charge in [0.2, 0.25) is 10.0 Å². The molecule has 1 aromatic heterocycles. The van der Waals surface area contributed by atoms with E-state index in [1.165, 1.54) is 36.5 Å². The summed E-state index contributed by atoms with van der Waals surface area (Å²) in [7, 11) is -4.19. The zero-order valence-electron chi connectivity index (χ0n) is 19.8. The lowest BCUT2D eigenvalue weighted by molar-refractivity contribution is -0.152. The first-order chi connectivity index (χ1) is 17.6. The van der Waals surface area contributed by atoms with Gasteiger partial charge in [-0.15, -0.1) is 0 Å². The zero-order valence-corrected chi connectivity index (χ0v) is 20.6. The number of hydrogen-bond acceptors (Lipinski definition) is 4. The molecule has 1 saturated heterocycles. The second kappa shape index (κ2) is 9.74. The number of ether oxygens (including phenoxy) is 1. The van der Waals surface area contributed by atoms with Crippen LogP contribution in [-0.4, -0.2) is 37.6 Å². The summed E-state index contributed by atoms with van der Waals surface area (Å²) in [5, 5.41) is 8.87. The SMILES string of the molecule is N#Cc1cccc(F)c1-c1ccc2c([C@H](NS(=O)(=O)C3CCC3)C(F)(F)F)cn(C3CCOCC3)c2c1. The topological polar surface area (TPSA) is 84.1 Å². The fraction of sp³-hybridized carbons (Fsp3) is 0.423. The maximum Gasteiger partial charge on any atom is 0.408 e. The van der Waals surface area contributed by atoms with Gasteiger partial charge < -0.3 is 9.30 Å². The molecule has 1 aliphatic heterocycles. The highest BCUT2D eigenvalue weighted by atomic mass is 32.2. The predicted octanol–water partition coefficient (Wildman–Crippen LogP) is 5.75. The van der Waals surface area contributed by atoms with Crippen molar-refractivity contribution in [1.82, 2.24) is 9.29 Å². The third-order valence-corrected chi connectivity index (χ3v) is 9.20. The Morgan fingerprint density at radius 2 is 1.84 bits per heavy atom. The minimum Gasteiger partial charge on any atom is -0.381 e. The molecule has 3 aromatic rings. The molecule has 2 aromatic carbocycles. The lowest BCUT2D eigenvalue weighted by Crippen LogP contribution is -2.44. The lowest BCUT2D eigenvalue weighted by atomic mass is 9.97. The number of benzene rings is 2. The van der Waals surface area contributed by atoms with E-state index in [0.717, 1.165) is 0 Å². The number of fused-ring (bicyclic) bond motifs is 1. The molecule has 2 aliphatic rings. The fourth-order valence-corrected chi connectivity index (χ4v) is 6.82. The monoisotopic (exact) mass is 535 g/mol. The molecule has 5 rings (SSSR count). The molecule has 0 unspecified atom stereocenters. The van der Waals surface area contributed by atoms with E-state index < -0.39 is 33.3 Å². The molecule has 2 fully saturated rings. The number of hydrogen-bond donors (Lipinski definition) is 1. The Bertz CT molecular complexity index is 1470. The first kappa shape index (κ1) is 25.7. The molecule has 2 heterocycles. The highest BCUT2D eigenvalue weighted by Gasteiger charge is 2.46.